The fourth-order valence-corrected chi connectivity index (χ4v) is 4.52. The molecule has 3 aromatic rings. The molecule has 0 spiro atoms. The molecule has 0 saturated heterocycles. The maximum absolute atomic E-state index is 13.2. The van der Waals surface area contributed by atoms with Crippen molar-refractivity contribution < 1.29 is 4.79 Å². The summed E-state index contributed by atoms with van der Waals surface area (Å²) in [6, 6.07) is 5.10. The number of aromatic nitrogens is 4. The van der Waals surface area contributed by atoms with Crippen molar-refractivity contribution in [2.24, 2.45) is 20.0 Å². The number of nitrogens with zero attached hydrogens (tertiary/aromatic N) is 4. The van der Waals surface area contributed by atoms with E-state index >= 15 is 0 Å². The molecule has 1 N–H and O–H groups in total. The molecule has 10 heteroatoms. The first-order valence-corrected chi connectivity index (χ1v) is 10.9. The van der Waals surface area contributed by atoms with Gasteiger partial charge in [0.15, 0.2) is 11.2 Å². The number of aldehydes is 1. The lowest BCUT2D eigenvalue weighted by atomic mass is 9.87. The zero-order valence-corrected chi connectivity index (χ0v) is 18.8. The maximum atomic E-state index is 13.2. The third-order valence-electron chi connectivity index (χ3n) is 5.93. The van der Waals surface area contributed by atoms with Crippen LogP contribution in [0.4, 0.5) is 5.95 Å². The Labute approximate surface area is 188 Å². The third kappa shape index (κ3) is 4.02. The molecular formula is C21H23Cl2N5O3. The van der Waals surface area contributed by atoms with Gasteiger partial charge >= 0.3 is 5.69 Å². The fourth-order valence-electron chi connectivity index (χ4n) is 4.20. The highest BCUT2D eigenvalue weighted by atomic mass is 35.5. The molecule has 1 aliphatic carbocycles. The number of fused-ring (bicyclic) bond motifs is 1. The van der Waals surface area contributed by atoms with Crippen LogP contribution in [0.5, 0.6) is 0 Å². The highest BCUT2D eigenvalue weighted by molar-refractivity contribution is 6.42. The number of nitrogens with one attached hydrogen (secondary N) is 1. The molecular weight excluding hydrogens is 441 g/mol. The zero-order chi connectivity index (χ0) is 22.3. The largest absolute Gasteiger partial charge is 0.353 e. The second kappa shape index (κ2) is 8.51. The van der Waals surface area contributed by atoms with Gasteiger partial charge in [-0.25, -0.2) is 4.79 Å². The van der Waals surface area contributed by atoms with Crippen molar-refractivity contribution in [3.05, 3.63) is 54.6 Å². The zero-order valence-electron chi connectivity index (χ0n) is 17.3. The van der Waals surface area contributed by atoms with Crippen LogP contribution in [0.25, 0.3) is 11.2 Å². The predicted octanol–water partition coefficient (Wildman–Crippen LogP) is 2.96. The predicted molar refractivity (Wildman–Crippen MR) is 121 cm³/mol. The highest BCUT2D eigenvalue weighted by Crippen LogP contribution is 2.26. The van der Waals surface area contributed by atoms with Crippen LogP contribution >= 0.6 is 23.2 Å². The minimum atomic E-state index is -0.466. The molecule has 8 nitrogen and oxygen atoms in total. The lowest BCUT2D eigenvalue weighted by molar-refractivity contribution is -0.111. The van der Waals surface area contributed by atoms with Crippen molar-refractivity contribution in [3.63, 3.8) is 0 Å². The summed E-state index contributed by atoms with van der Waals surface area (Å²) in [5.41, 5.74) is 0.435. The first-order chi connectivity index (χ1) is 14.8. The third-order valence-corrected chi connectivity index (χ3v) is 6.66. The minimum Gasteiger partial charge on any atom is -0.353 e. The van der Waals surface area contributed by atoms with E-state index in [1.807, 2.05) is 0 Å². The molecule has 0 radical (unpaired) electrons. The van der Waals surface area contributed by atoms with Gasteiger partial charge in [0.1, 0.15) is 6.29 Å². The van der Waals surface area contributed by atoms with Gasteiger partial charge in [0.25, 0.3) is 5.56 Å². The van der Waals surface area contributed by atoms with Gasteiger partial charge in [0.2, 0.25) is 5.95 Å². The van der Waals surface area contributed by atoms with Crippen LogP contribution in [0.15, 0.2) is 27.8 Å². The number of carbonyl (C=O) groups is 1. The topological polar surface area (TPSA) is 90.9 Å². The number of carbonyl (C=O) groups excluding carboxylic acids is 1. The Bertz CT molecular complexity index is 1280. The molecule has 2 heterocycles. The van der Waals surface area contributed by atoms with Crippen LogP contribution < -0.4 is 16.6 Å². The second-order valence-electron chi connectivity index (χ2n) is 8.05. The Balaban J connectivity index is 1.74. The Kier molecular flexibility index (Phi) is 5.94. The summed E-state index contributed by atoms with van der Waals surface area (Å²) in [5, 5.41) is 4.12. The average Bonchev–Trinajstić information content (AvgIpc) is 3.08. The van der Waals surface area contributed by atoms with Crippen molar-refractivity contribution in [2.75, 3.05) is 5.32 Å². The molecule has 0 bridgehead atoms. The Morgan fingerprint density at radius 2 is 1.94 bits per heavy atom. The summed E-state index contributed by atoms with van der Waals surface area (Å²) >= 11 is 12.0. The highest BCUT2D eigenvalue weighted by Gasteiger charge is 2.24. The lowest BCUT2D eigenvalue weighted by Crippen LogP contribution is -2.39. The quantitative estimate of drug-likeness (QED) is 0.587. The van der Waals surface area contributed by atoms with Gasteiger partial charge in [-0.1, -0.05) is 35.7 Å². The molecule has 1 unspecified atom stereocenters. The summed E-state index contributed by atoms with van der Waals surface area (Å²) in [7, 11) is 3.34. The Morgan fingerprint density at radius 3 is 2.65 bits per heavy atom. The molecule has 2 atom stereocenters. The molecule has 2 aromatic heterocycles. The van der Waals surface area contributed by atoms with Crippen LogP contribution in [-0.2, 0) is 25.4 Å². The van der Waals surface area contributed by atoms with E-state index < -0.39 is 11.2 Å². The average molecular weight is 464 g/mol. The first kappa shape index (κ1) is 21.6. The van der Waals surface area contributed by atoms with Gasteiger partial charge in [-0.2, -0.15) is 4.98 Å². The van der Waals surface area contributed by atoms with Crippen molar-refractivity contribution >= 4 is 46.6 Å². The van der Waals surface area contributed by atoms with E-state index in [4.69, 9.17) is 23.2 Å². The summed E-state index contributed by atoms with van der Waals surface area (Å²) in [5.74, 6) is 0.541. The van der Waals surface area contributed by atoms with Gasteiger partial charge in [0.05, 0.1) is 16.6 Å². The van der Waals surface area contributed by atoms with E-state index in [2.05, 4.69) is 10.3 Å². The number of benzene rings is 1. The number of hydrogen-bond donors (Lipinski definition) is 1. The maximum Gasteiger partial charge on any atom is 0.332 e. The van der Waals surface area contributed by atoms with Crippen LogP contribution in [0.1, 0.15) is 31.2 Å². The summed E-state index contributed by atoms with van der Waals surface area (Å²) in [4.78, 5) is 41.8. The van der Waals surface area contributed by atoms with Crippen molar-refractivity contribution in [2.45, 2.75) is 38.3 Å². The number of imidazole rings is 1. The van der Waals surface area contributed by atoms with Crippen molar-refractivity contribution in [1.29, 1.82) is 0 Å². The number of aryl methyl sites for hydroxylation is 2. The molecule has 1 saturated carbocycles. The molecule has 0 aliphatic heterocycles. The Hall–Kier alpha value is -2.58. The van der Waals surface area contributed by atoms with Crippen molar-refractivity contribution in [3.8, 4) is 0 Å². The second-order valence-corrected chi connectivity index (χ2v) is 8.87. The van der Waals surface area contributed by atoms with E-state index in [0.29, 0.717) is 32.7 Å². The molecule has 1 fully saturated rings. The van der Waals surface area contributed by atoms with E-state index in [1.54, 1.807) is 36.9 Å². The van der Waals surface area contributed by atoms with E-state index in [0.717, 1.165) is 36.5 Å². The van der Waals surface area contributed by atoms with Gasteiger partial charge in [-0.05, 0) is 37.0 Å². The number of halogens is 2. The van der Waals surface area contributed by atoms with Crippen LogP contribution in [0.3, 0.4) is 0 Å². The van der Waals surface area contributed by atoms with E-state index in [-0.39, 0.29) is 18.5 Å². The van der Waals surface area contributed by atoms with Gasteiger partial charge < -0.3 is 14.7 Å². The minimum absolute atomic E-state index is 0.0358. The molecule has 164 valence electrons. The monoisotopic (exact) mass is 463 g/mol. The number of rotatable bonds is 5. The SMILES string of the molecule is Cn1c(NC2CCC[C@H](C=O)C2)nc2c1c(=O)n(Cc1ccc(Cl)c(Cl)c1)c(=O)n2C. The van der Waals surface area contributed by atoms with Crippen LogP contribution in [0.2, 0.25) is 10.0 Å². The summed E-state index contributed by atoms with van der Waals surface area (Å²) < 4.78 is 4.21. The standard InChI is InChI=1S/C21H23Cl2N5O3/c1-26-17-18(25-20(26)24-14-5-3-4-13(8-14)11-29)27(2)21(31)28(19(17)30)10-12-6-7-15(22)16(23)9-12/h6-7,9,11,13-14H,3-5,8,10H2,1-2H3,(H,24,25)/t13-,14?/m0/s1. The molecule has 1 aromatic carbocycles. The fraction of sp³-hybridized carbons (Fsp3) is 0.429. The van der Waals surface area contributed by atoms with Gasteiger partial charge in [-0.15, -0.1) is 0 Å². The Morgan fingerprint density at radius 1 is 1.16 bits per heavy atom. The molecule has 4 rings (SSSR count). The lowest BCUT2D eigenvalue weighted by Gasteiger charge is -2.26. The van der Waals surface area contributed by atoms with E-state index in [9.17, 15) is 14.4 Å². The summed E-state index contributed by atoms with van der Waals surface area (Å²) in [6.45, 7) is 0.0654. The summed E-state index contributed by atoms with van der Waals surface area (Å²) in [6.07, 6.45) is 4.52. The van der Waals surface area contributed by atoms with Crippen molar-refractivity contribution in [1.82, 2.24) is 18.7 Å². The number of anilines is 1. The number of hydrogen-bond acceptors (Lipinski definition) is 5. The van der Waals surface area contributed by atoms with Crippen LogP contribution in [0, 0.1) is 5.92 Å². The van der Waals surface area contributed by atoms with E-state index in [1.165, 1.54) is 4.57 Å². The first-order valence-electron chi connectivity index (χ1n) is 10.1. The smallest absolute Gasteiger partial charge is 0.332 e. The molecule has 1 aliphatic rings. The van der Waals surface area contributed by atoms with Gasteiger partial charge in [-0.3, -0.25) is 13.9 Å². The van der Waals surface area contributed by atoms with Crippen LogP contribution in [-0.4, -0.2) is 31.0 Å². The normalized spacial score (nSPS) is 19.0. The van der Waals surface area contributed by atoms with Gasteiger partial charge in [0, 0.05) is 26.1 Å². The molecule has 0 amide bonds. The molecule has 31 heavy (non-hydrogen) atoms.